The molecule has 5 heteroatoms. The third kappa shape index (κ3) is 8.01. The Labute approximate surface area is 219 Å². The molecule has 1 atom stereocenters. The summed E-state index contributed by atoms with van der Waals surface area (Å²) < 4.78 is 11.2. The predicted molar refractivity (Wildman–Crippen MR) is 147 cm³/mol. The minimum Gasteiger partial charge on any atom is -0.466 e. The number of ether oxygens (including phenoxy) is 2. The van der Waals surface area contributed by atoms with Gasteiger partial charge in [-0.2, -0.15) is 0 Å². The van der Waals surface area contributed by atoms with E-state index in [2.05, 4.69) is 0 Å². The normalized spacial score (nSPS) is 12.7. The smallest absolute Gasteiger partial charge is 0.357 e. The first-order valence-corrected chi connectivity index (χ1v) is 12.5. The Morgan fingerprint density at radius 3 is 1.76 bits per heavy atom. The van der Waals surface area contributed by atoms with E-state index in [1.807, 2.05) is 112 Å². The fraction of sp³-hybridized carbons (Fsp3) is 0.281. The maximum atomic E-state index is 13.6. The lowest BCUT2D eigenvalue weighted by molar-refractivity contribution is -0.150. The van der Waals surface area contributed by atoms with E-state index in [4.69, 9.17) is 14.5 Å². The van der Waals surface area contributed by atoms with Gasteiger partial charge in [0.25, 0.3) is 0 Å². The minimum absolute atomic E-state index is 0.103. The summed E-state index contributed by atoms with van der Waals surface area (Å²) in [5.41, 5.74) is 3.13. The molecule has 0 aliphatic carbocycles. The molecule has 0 radical (unpaired) electrons. The molecule has 192 valence electrons. The van der Waals surface area contributed by atoms with E-state index in [0.29, 0.717) is 17.7 Å². The highest BCUT2D eigenvalue weighted by atomic mass is 16.6. The van der Waals surface area contributed by atoms with Crippen molar-refractivity contribution in [2.24, 2.45) is 10.9 Å². The van der Waals surface area contributed by atoms with Crippen LogP contribution in [0.1, 0.15) is 51.3 Å². The zero-order valence-corrected chi connectivity index (χ0v) is 22.2. The predicted octanol–water partition coefficient (Wildman–Crippen LogP) is 6.56. The molecule has 0 aliphatic rings. The van der Waals surface area contributed by atoms with Gasteiger partial charge in [-0.1, -0.05) is 91.0 Å². The lowest BCUT2D eigenvalue weighted by Crippen LogP contribution is -2.28. The van der Waals surface area contributed by atoms with Gasteiger partial charge < -0.3 is 9.47 Å². The van der Waals surface area contributed by atoms with Crippen LogP contribution < -0.4 is 0 Å². The number of rotatable bonds is 9. The van der Waals surface area contributed by atoms with Crippen molar-refractivity contribution in [1.29, 1.82) is 0 Å². The Morgan fingerprint density at radius 2 is 1.30 bits per heavy atom. The summed E-state index contributed by atoms with van der Waals surface area (Å²) in [5.74, 6) is -1.70. The number of esters is 2. The van der Waals surface area contributed by atoms with E-state index in [1.165, 1.54) is 0 Å². The third-order valence-electron chi connectivity index (χ3n) is 5.66. The second-order valence-corrected chi connectivity index (χ2v) is 9.72. The van der Waals surface area contributed by atoms with E-state index >= 15 is 0 Å². The van der Waals surface area contributed by atoms with Crippen molar-refractivity contribution in [3.05, 3.63) is 119 Å². The van der Waals surface area contributed by atoms with Gasteiger partial charge in [0.05, 0.1) is 18.2 Å². The Kier molecular flexibility index (Phi) is 9.56. The molecule has 0 saturated heterocycles. The minimum atomic E-state index is -0.739. The highest BCUT2D eigenvalue weighted by Crippen LogP contribution is 2.26. The fourth-order valence-electron chi connectivity index (χ4n) is 3.89. The number of carbonyl (C=O) groups excluding carboxylic acids is 2. The first kappa shape index (κ1) is 27.6. The highest BCUT2D eigenvalue weighted by Gasteiger charge is 2.30. The molecule has 3 aromatic rings. The number of benzene rings is 3. The van der Waals surface area contributed by atoms with Gasteiger partial charge in [-0.15, -0.1) is 0 Å². The summed E-state index contributed by atoms with van der Waals surface area (Å²) in [6.45, 7) is 9.20. The number of aliphatic imine (C=N–C) groups is 1. The average molecular weight is 498 g/mol. The van der Waals surface area contributed by atoms with Crippen molar-refractivity contribution in [2.75, 3.05) is 6.61 Å². The van der Waals surface area contributed by atoms with E-state index in [0.717, 1.165) is 16.7 Å². The first-order valence-electron chi connectivity index (χ1n) is 12.5. The Bertz CT molecular complexity index is 1200. The molecule has 0 aliphatic heterocycles. The molecule has 5 nitrogen and oxygen atoms in total. The van der Waals surface area contributed by atoms with E-state index in [-0.39, 0.29) is 12.3 Å². The van der Waals surface area contributed by atoms with Crippen LogP contribution in [0.3, 0.4) is 0 Å². The van der Waals surface area contributed by atoms with Crippen LogP contribution >= 0.6 is 0 Å². The van der Waals surface area contributed by atoms with Crippen molar-refractivity contribution in [2.45, 2.75) is 46.6 Å². The summed E-state index contributed by atoms with van der Waals surface area (Å²) in [5, 5.41) is 0. The van der Waals surface area contributed by atoms with Crippen molar-refractivity contribution >= 4 is 17.7 Å². The number of carbonyl (C=O) groups is 2. The molecule has 3 aromatic carbocycles. The van der Waals surface area contributed by atoms with Crippen molar-refractivity contribution in [3.8, 4) is 0 Å². The average Bonchev–Trinajstić information content (AvgIpc) is 2.88. The van der Waals surface area contributed by atoms with Crippen molar-refractivity contribution in [1.82, 2.24) is 0 Å². The number of hydrogen-bond acceptors (Lipinski definition) is 5. The lowest BCUT2D eigenvalue weighted by atomic mass is 9.91. The Morgan fingerprint density at radius 1 is 0.811 bits per heavy atom. The van der Waals surface area contributed by atoms with E-state index in [1.54, 1.807) is 13.8 Å². The van der Waals surface area contributed by atoms with Gasteiger partial charge in [0.2, 0.25) is 0 Å². The van der Waals surface area contributed by atoms with Gasteiger partial charge in [-0.25, -0.2) is 9.79 Å². The second kappa shape index (κ2) is 12.8. The van der Waals surface area contributed by atoms with E-state index < -0.39 is 23.5 Å². The van der Waals surface area contributed by atoms with Crippen LogP contribution in [0.2, 0.25) is 0 Å². The summed E-state index contributed by atoms with van der Waals surface area (Å²) in [6.07, 6.45) is 0.374. The maximum absolute atomic E-state index is 13.6. The molecule has 0 heterocycles. The molecule has 37 heavy (non-hydrogen) atoms. The van der Waals surface area contributed by atoms with Crippen LogP contribution in [0.5, 0.6) is 0 Å². The molecule has 0 bridgehead atoms. The molecule has 0 aromatic heterocycles. The van der Waals surface area contributed by atoms with Gasteiger partial charge in [-0.3, -0.25) is 4.79 Å². The molecule has 0 amide bonds. The third-order valence-corrected chi connectivity index (χ3v) is 5.66. The summed E-state index contributed by atoms with van der Waals surface area (Å²) in [7, 11) is 0. The lowest BCUT2D eigenvalue weighted by Gasteiger charge is -2.23. The van der Waals surface area contributed by atoms with Gasteiger partial charge in [-0.05, 0) is 52.2 Å². The molecule has 0 saturated carbocycles. The molecule has 3 rings (SSSR count). The zero-order chi connectivity index (χ0) is 26.8. The van der Waals surface area contributed by atoms with Gasteiger partial charge in [0.1, 0.15) is 11.3 Å². The van der Waals surface area contributed by atoms with Gasteiger partial charge >= 0.3 is 11.9 Å². The molecule has 0 spiro atoms. The van der Waals surface area contributed by atoms with E-state index in [9.17, 15) is 9.59 Å². The first-order chi connectivity index (χ1) is 17.7. The fourth-order valence-corrected chi connectivity index (χ4v) is 3.89. The standard InChI is InChI=1S/C32H35NO4/c1-6-36-30(34)27(22-24-16-10-7-11-17-24)23(2)28(31(35)37-32(3,4)5)33-29(25-18-12-8-13-19-25)26-20-14-9-15-21-26/h7-21,27H,6,22H2,1-5H3/b28-23+. The molecule has 0 fully saturated rings. The van der Waals surface area contributed by atoms with Crippen LogP contribution in [0.4, 0.5) is 0 Å². The van der Waals surface area contributed by atoms with Crippen LogP contribution in [0, 0.1) is 5.92 Å². The van der Waals surface area contributed by atoms with Crippen molar-refractivity contribution in [3.63, 3.8) is 0 Å². The van der Waals surface area contributed by atoms with Crippen LogP contribution in [0.25, 0.3) is 0 Å². The van der Waals surface area contributed by atoms with Gasteiger partial charge in [0.15, 0.2) is 0 Å². The largest absolute Gasteiger partial charge is 0.466 e. The zero-order valence-electron chi connectivity index (χ0n) is 22.2. The summed E-state index contributed by atoms with van der Waals surface area (Å²) >= 11 is 0. The van der Waals surface area contributed by atoms with Crippen LogP contribution in [-0.4, -0.2) is 29.9 Å². The van der Waals surface area contributed by atoms with Crippen LogP contribution in [-0.2, 0) is 25.5 Å². The Balaban J connectivity index is 2.24. The highest BCUT2D eigenvalue weighted by molar-refractivity contribution is 6.14. The van der Waals surface area contributed by atoms with Crippen LogP contribution in [0.15, 0.2) is 107 Å². The maximum Gasteiger partial charge on any atom is 0.357 e. The molecule has 0 N–H and O–H groups in total. The quantitative estimate of drug-likeness (QED) is 0.191. The second-order valence-electron chi connectivity index (χ2n) is 9.72. The summed E-state index contributed by atoms with van der Waals surface area (Å²) in [4.78, 5) is 31.7. The number of hydrogen-bond donors (Lipinski definition) is 0. The molecular formula is C32H35NO4. The van der Waals surface area contributed by atoms with Crippen molar-refractivity contribution < 1.29 is 19.1 Å². The summed E-state index contributed by atoms with van der Waals surface area (Å²) in [6, 6.07) is 29.0. The Hall–Kier alpha value is -3.99. The number of nitrogens with zero attached hydrogens (tertiary/aromatic N) is 1. The molecule has 1 unspecified atom stereocenters. The van der Waals surface area contributed by atoms with Gasteiger partial charge in [0, 0.05) is 11.1 Å². The monoisotopic (exact) mass is 497 g/mol. The molecular weight excluding hydrogens is 462 g/mol. The SMILES string of the molecule is CCOC(=O)C(Cc1ccccc1)/C(C)=C(/N=C(c1ccccc1)c1ccccc1)C(=O)OC(C)(C)C. The topological polar surface area (TPSA) is 65.0 Å².